The normalized spacial score (nSPS) is 15.0. The molecule has 4 N–H and O–H groups in total. The van der Waals surface area contributed by atoms with E-state index in [1.165, 1.54) is 13.0 Å². The van der Waals surface area contributed by atoms with Crippen molar-refractivity contribution in [3.63, 3.8) is 0 Å². The Hall–Kier alpha value is -3.76. The largest absolute Gasteiger partial charge is 0.397 e. The summed E-state index contributed by atoms with van der Waals surface area (Å²) in [6.07, 6.45) is 4.76. The number of anilines is 2. The number of piperidine rings is 1. The van der Waals surface area contributed by atoms with Gasteiger partial charge in [-0.3, -0.25) is 14.6 Å². The first-order valence-electron chi connectivity index (χ1n) is 14.0. The van der Waals surface area contributed by atoms with Crippen molar-refractivity contribution in [2.75, 3.05) is 24.1 Å². The zero-order valence-electron chi connectivity index (χ0n) is 23.9. The lowest BCUT2D eigenvalue weighted by Gasteiger charge is -2.33. The van der Waals surface area contributed by atoms with E-state index in [0.717, 1.165) is 29.7 Å². The van der Waals surface area contributed by atoms with E-state index in [-0.39, 0.29) is 16.5 Å². The number of para-hydroxylation sites is 1. The molecule has 1 aliphatic heterocycles. The monoisotopic (exact) mass is 577 g/mol. The Balaban J connectivity index is 1.64. The van der Waals surface area contributed by atoms with Gasteiger partial charge in [-0.2, -0.15) is 4.72 Å². The zero-order chi connectivity index (χ0) is 29.6. The van der Waals surface area contributed by atoms with Crippen LogP contribution in [-0.4, -0.2) is 49.2 Å². The molecule has 1 fully saturated rings. The number of carbonyl (C=O) groups excluding carboxylic acids is 2. The van der Waals surface area contributed by atoms with Gasteiger partial charge in [0.2, 0.25) is 21.8 Å². The maximum absolute atomic E-state index is 13.9. The first kappa shape index (κ1) is 30.2. The van der Waals surface area contributed by atoms with Gasteiger partial charge in [0.05, 0.1) is 17.6 Å². The highest BCUT2D eigenvalue weighted by Gasteiger charge is 2.32. The fraction of sp³-hybridized carbons (Fsp3) is 0.387. The molecule has 9 nitrogen and oxygen atoms in total. The number of likely N-dealkylation sites (tertiary alicyclic amines) is 1. The molecule has 10 heteroatoms. The molecule has 0 saturated carbocycles. The Kier molecular flexibility index (Phi) is 9.77. The van der Waals surface area contributed by atoms with Gasteiger partial charge in [0.1, 0.15) is 10.9 Å². The van der Waals surface area contributed by atoms with E-state index >= 15 is 0 Å². The van der Waals surface area contributed by atoms with Gasteiger partial charge in [-0.15, -0.1) is 0 Å². The van der Waals surface area contributed by atoms with Crippen molar-refractivity contribution in [2.45, 2.75) is 63.8 Å². The smallest absolute Gasteiger partial charge is 0.243 e. The second-order valence-corrected chi connectivity index (χ2v) is 12.6. The fourth-order valence-corrected chi connectivity index (χ4v) is 6.52. The lowest BCUT2D eigenvalue weighted by molar-refractivity contribution is -0.134. The van der Waals surface area contributed by atoms with E-state index in [4.69, 9.17) is 5.73 Å². The molecule has 1 aromatic heterocycles. The first-order valence-corrected chi connectivity index (χ1v) is 15.5. The summed E-state index contributed by atoms with van der Waals surface area (Å²) in [5.41, 5.74) is 9.66. The molecule has 1 saturated heterocycles. The summed E-state index contributed by atoms with van der Waals surface area (Å²) < 4.78 is 30.6. The number of hydrogen-bond acceptors (Lipinski definition) is 6. The molecule has 0 radical (unpaired) electrons. The maximum atomic E-state index is 13.9. The molecule has 0 spiro atoms. The number of carbonyl (C=O) groups is 2. The first-order chi connectivity index (χ1) is 19.5. The Bertz CT molecular complexity index is 1480. The number of nitrogens with zero attached hydrogens (tertiary/aromatic N) is 2. The van der Waals surface area contributed by atoms with Crippen molar-refractivity contribution in [1.29, 1.82) is 0 Å². The van der Waals surface area contributed by atoms with Gasteiger partial charge in [0.25, 0.3) is 0 Å². The van der Waals surface area contributed by atoms with Crippen LogP contribution >= 0.6 is 0 Å². The summed E-state index contributed by atoms with van der Waals surface area (Å²) in [6.45, 7) is 6.63. The molecule has 1 aliphatic rings. The highest BCUT2D eigenvalue weighted by atomic mass is 32.2. The molecule has 0 bridgehead atoms. The van der Waals surface area contributed by atoms with Crippen molar-refractivity contribution in [3.8, 4) is 11.1 Å². The van der Waals surface area contributed by atoms with Gasteiger partial charge in [0.15, 0.2) is 0 Å². The number of amides is 2. The lowest BCUT2D eigenvalue weighted by Crippen LogP contribution is -2.50. The number of benzene rings is 2. The minimum absolute atomic E-state index is 0.0861. The van der Waals surface area contributed by atoms with Crippen LogP contribution in [0.5, 0.6) is 0 Å². The van der Waals surface area contributed by atoms with Crippen molar-refractivity contribution < 1.29 is 18.0 Å². The average Bonchev–Trinajstić information content (AvgIpc) is 2.93. The number of aryl methyl sites for hydroxylation is 2. The van der Waals surface area contributed by atoms with E-state index in [1.54, 1.807) is 29.3 Å². The molecule has 2 heterocycles. The van der Waals surface area contributed by atoms with E-state index < -0.39 is 22.0 Å². The van der Waals surface area contributed by atoms with E-state index in [2.05, 4.69) is 21.9 Å². The molecule has 1 atom stereocenters. The lowest BCUT2D eigenvalue weighted by atomic mass is 9.98. The third-order valence-corrected chi connectivity index (χ3v) is 8.92. The van der Waals surface area contributed by atoms with Gasteiger partial charge < -0.3 is 16.0 Å². The number of hydrogen-bond donors (Lipinski definition) is 3. The van der Waals surface area contributed by atoms with Gasteiger partial charge in [-0.1, -0.05) is 48.9 Å². The summed E-state index contributed by atoms with van der Waals surface area (Å²) in [6, 6.07) is 15.1. The zero-order valence-corrected chi connectivity index (χ0v) is 24.7. The summed E-state index contributed by atoms with van der Waals surface area (Å²) in [4.78, 5) is 31.9. The van der Waals surface area contributed by atoms with Crippen LogP contribution in [0, 0.1) is 12.8 Å². The third-order valence-electron chi connectivity index (χ3n) is 7.41. The summed E-state index contributed by atoms with van der Waals surface area (Å²) in [5.74, 6) is -0.107. The number of rotatable bonds is 10. The van der Waals surface area contributed by atoms with Crippen LogP contribution in [0.1, 0.15) is 50.8 Å². The van der Waals surface area contributed by atoms with Crippen LogP contribution in [0.2, 0.25) is 0 Å². The molecule has 41 heavy (non-hydrogen) atoms. The van der Waals surface area contributed by atoms with Gasteiger partial charge >= 0.3 is 0 Å². The molecular weight excluding hydrogens is 538 g/mol. The molecule has 2 aromatic carbocycles. The summed E-state index contributed by atoms with van der Waals surface area (Å²) >= 11 is 0. The Morgan fingerprint density at radius 3 is 2.49 bits per heavy atom. The van der Waals surface area contributed by atoms with Crippen molar-refractivity contribution in [1.82, 2.24) is 14.6 Å². The van der Waals surface area contributed by atoms with Crippen LogP contribution in [0.15, 0.2) is 65.7 Å². The van der Waals surface area contributed by atoms with Gasteiger partial charge in [0, 0.05) is 31.3 Å². The Morgan fingerprint density at radius 1 is 1.10 bits per heavy atom. The fourth-order valence-electron chi connectivity index (χ4n) is 5.12. The van der Waals surface area contributed by atoms with Crippen LogP contribution in [-0.2, 0) is 26.0 Å². The molecule has 0 aliphatic carbocycles. The molecular formula is C31H39N5O4S. The molecule has 4 rings (SSSR count). The number of aromatic nitrogens is 1. The summed E-state index contributed by atoms with van der Waals surface area (Å²) in [5, 5.41) is 2.73. The maximum Gasteiger partial charge on any atom is 0.243 e. The highest BCUT2D eigenvalue weighted by Crippen LogP contribution is 2.34. The number of sulfonamides is 1. The number of nitrogens with one attached hydrogen (secondary N) is 2. The third kappa shape index (κ3) is 7.92. The molecule has 0 unspecified atom stereocenters. The number of pyridine rings is 1. The minimum Gasteiger partial charge on any atom is -0.397 e. The van der Waals surface area contributed by atoms with E-state index in [0.29, 0.717) is 49.5 Å². The second-order valence-electron chi connectivity index (χ2n) is 10.9. The highest BCUT2D eigenvalue weighted by molar-refractivity contribution is 7.89. The number of nitrogens with two attached hydrogens (primary N) is 1. The standard InChI is InChI=1S/C31H39N5O4S/c1-21-15-17-36(18-16-21)31(38)28(11-5-9-26-14-13-25(32)20-33-26)35-41(39,40)29-12-6-10-27(30(29)34-23(3)37)24-8-4-7-22(2)19-24/h4,6-8,10,12-14,19-21,28,35H,5,9,11,15-18,32H2,1-3H3,(H,34,37)/t28-/m0/s1. The van der Waals surface area contributed by atoms with E-state index in [1.807, 2.05) is 37.3 Å². The quantitative estimate of drug-likeness (QED) is 0.324. The molecule has 218 valence electrons. The average molecular weight is 578 g/mol. The van der Waals surface area contributed by atoms with Crippen molar-refractivity contribution >= 4 is 33.2 Å². The second kappa shape index (κ2) is 13.3. The Morgan fingerprint density at radius 2 is 1.83 bits per heavy atom. The van der Waals surface area contributed by atoms with Crippen LogP contribution in [0.3, 0.4) is 0 Å². The predicted molar refractivity (Wildman–Crippen MR) is 162 cm³/mol. The Labute approximate surface area is 242 Å². The predicted octanol–water partition coefficient (Wildman–Crippen LogP) is 4.53. The van der Waals surface area contributed by atoms with Gasteiger partial charge in [-0.05, 0) is 68.7 Å². The van der Waals surface area contributed by atoms with Crippen molar-refractivity contribution in [3.05, 3.63) is 72.1 Å². The topological polar surface area (TPSA) is 134 Å². The van der Waals surface area contributed by atoms with Crippen LogP contribution < -0.4 is 15.8 Å². The SMILES string of the molecule is CC(=O)Nc1c(-c2cccc(C)c2)cccc1S(=O)(=O)N[C@@H](CCCc1ccc(N)cn1)C(=O)N1CCC(C)CC1. The van der Waals surface area contributed by atoms with Crippen molar-refractivity contribution in [2.24, 2.45) is 5.92 Å². The van der Waals surface area contributed by atoms with Gasteiger partial charge in [-0.25, -0.2) is 8.42 Å². The van der Waals surface area contributed by atoms with E-state index in [9.17, 15) is 18.0 Å². The number of nitrogen functional groups attached to an aromatic ring is 1. The molecule has 2 amide bonds. The molecule has 3 aromatic rings. The minimum atomic E-state index is -4.22. The summed E-state index contributed by atoms with van der Waals surface area (Å²) in [7, 11) is -4.22. The van der Waals surface area contributed by atoms with Crippen LogP contribution in [0.4, 0.5) is 11.4 Å². The van der Waals surface area contributed by atoms with Crippen LogP contribution in [0.25, 0.3) is 11.1 Å².